The van der Waals surface area contributed by atoms with Crippen molar-refractivity contribution in [3.63, 3.8) is 0 Å². The molecule has 1 heterocycles. The van der Waals surface area contributed by atoms with Gasteiger partial charge in [0.05, 0.1) is 5.56 Å². The Hall–Kier alpha value is -1.58. The average Bonchev–Trinajstić information content (AvgIpc) is 2.84. The highest BCUT2D eigenvalue weighted by Gasteiger charge is 2.38. The van der Waals surface area contributed by atoms with Crippen molar-refractivity contribution < 1.29 is 14.3 Å². The minimum absolute atomic E-state index is 0.0891. The third-order valence-corrected chi connectivity index (χ3v) is 4.46. The van der Waals surface area contributed by atoms with E-state index in [0.717, 1.165) is 31.9 Å². The molecule has 2 unspecified atom stereocenters. The molecule has 1 aromatic rings. The Labute approximate surface area is 112 Å². The van der Waals surface area contributed by atoms with Crippen LogP contribution in [0.3, 0.4) is 0 Å². The van der Waals surface area contributed by atoms with Crippen molar-refractivity contribution >= 4 is 5.91 Å². The summed E-state index contributed by atoms with van der Waals surface area (Å²) in [5, 5.41) is 9.75. The van der Waals surface area contributed by atoms with Gasteiger partial charge < -0.3 is 10.0 Å². The van der Waals surface area contributed by atoms with E-state index in [-0.39, 0.29) is 23.3 Å². The number of carbonyl (C=O) groups is 1. The first kappa shape index (κ1) is 12.5. The normalized spacial score (nSPS) is 26.3. The number of phenols is 1. The third-order valence-electron chi connectivity index (χ3n) is 4.46. The van der Waals surface area contributed by atoms with Crippen LogP contribution in [0, 0.1) is 11.7 Å². The number of amides is 1. The van der Waals surface area contributed by atoms with E-state index in [1.165, 1.54) is 25.0 Å². The van der Waals surface area contributed by atoms with Gasteiger partial charge in [-0.05, 0) is 43.4 Å². The molecule has 102 valence electrons. The zero-order chi connectivity index (χ0) is 13.4. The van der Waals surface area contributed by atoms with Gasteiger partial charge in [-0.3, -0.25) is 4.79 Å². The zero-order valence-corrected chi connectivity index (χ0v) is 10.8. The summed E-state index contributed by atoms with van der Waals surface area (Å²) in [5.74, 6) is -0.258. The summed E-state index contributed by atoms with van der Waals surface area (Å²) < 4.78 is 13.2. The second kappa shape index (κ2) is 4.83. The van der Waals surface area contributed by atoms with Crippen LogP contribution in [0.1, 0.15) is 42.5 Å². The molecule has 2 fully saturated rings. The zero-order valence-electron chi connectivity index (χ0n) is 10.8. The Morgan fingerprint density at radius 3 is 2.89 bits per heavy atom. The van der Waals surface area contributed by atoms with Gasteiger partial charge >= 0.3 is 0 Å². The molecular weight excluding hydrogens is 245 g/mol. The van der Waals surface area contributed by atoms with Crippen LogP contribution in [0.25, 0.3) is 0 Å². The molecule has 1 aliphatic carbocycles. The van der Waals surface area contributed by atoms with Crippen molar-refractivity contribution in [3.8, 4) is 5.75 Å². The number of phenolic OH excluding ortho intramolecular Hbond substituents is 1. The molecule has 3 rings (SSSR count). The number of rotatable bonds is 1. The van der Waals surface area contributed by atoms with Gasteiger partial charge in [0.15, 0.2) is 0 Å². The number of halogens is 1. The van der Waals surface area contributed by atoms with Crippen LogP contribution in [-0.2, 0) is 0 Å². The van der Waals surface area contributed by atoms with E-state index in [2.05, 4.69) is 0 Å². The molecule has 2 atom stereocenters. The number of benzene rings is 1. The maximum atomic E-state index is 13.2. The summed E-state index contributed by atoms with van der Waals surface area (Å²) in [5.41, 5.74) is 0.0891. The van der Waals surface area contributed by atoms with E-state index in [1.54, 1.807) is 0 Å². The van der Waals surface area contributed by atoms with Crippen molar-refractivity contribution in [3.05, 3.63) is 29.6 Å². The molecule has 0 aromatic heterocycles. The van der Waals surface area contributed by atoms with Gasteiger partial charge in [-0.2, -0.15) is 0 Å². The van der Waals surface area contributed by atoms with E-state index in [0.29, 0.717) is 5.92 Å². The molecule has 0 bridgehead atoms. The van der Waals surface area contributed by atoms with Gasteiger partial charge in [0.2, 0.25) is 0 Å². The summed E-state index contributed by atoms with van der Waals surface area (Å²) in [6.07, 6.45) is 5.65. The summed E-state index contributed by atoms with van der Waals surface area (Å²) in [6, 6.07) is 3.83. The van der Waals surface area contributed by atoms with Crippen LogP contribution in [0.15, 0.2) is 18.2 Å². The summed E-state index contributed by atoms with van der Waals surface area (Å²) >= 11 is 0. The van der Waals surface area contributed by atoms with Crippen LogP contribution >= 0.6 is 0 Å². The van der Waals surface area contributed by atoms with Gasteiger partial charge in [0.1, 0.15) is 11.6 Å². The minimum Gasteiger partial charge on any atom is -0.507 e. The molecule has 1 amide bonds. The highest BCUT2D eigenvalue weighted by Crippen LogP contribution is 2.37. The molecule has 3 nitrogen and oxygen atoms in total. The van der Waals surface area contributed by atoms with Crippen LogP contribution in [-0.4, -0.2) is 28.5 Å². The first-order chi connectivity index (χ1) is 9.16. The SMILES string of the molecule is O=C(c1cc(F)ccc1O)N1CCC2CCCCC21. The first-order valence-electron chi connectivity index (χ1n) is 6.96. The Morgan fingerprint density at radius 1 is 1.26 bits per heavy atom. The Balaban J connectivity index is 1.85. The van der Waals surface area contributed by atoms with E-state index in [4.69, 9.17) is 0 Å². The highest BCUT2D eigenvalue weighted by atomic mass is 19.1. The van der Waals surface area contributed by atoms with Gasteiger partial charge in [-0.15, -0.1) is 0 Å². The predicted molar refractivity (Wildman–Crippen MR) is 69.5 cm³/mol. The second-order valence-corrected chi connectivity index (χ2v) is 5.56. The Morgan fingerprint density at radius 2 is 2.05 bits per heavy atom. The fourth-order valence-electron chi connectivity index (χ4n) is 3.49. The van der Waals surface area contributed by atoms with E-state index >= 15 is 0 Å². The highest BCUT2D eigenvalue weighted by molar-refractivity contribution is 5.97. The Bertz CT molecular complexity index is 503. The van der Waals surface area contributed by atoms with Crippen molar-refractivity contribution in [2.45, 2.75) is 38.1 Å². The number of hydrogen-bond acceptors (Lipinski definition) is 2. The predicted octanol–water partition coefficient (Wildman–Crippen LogP) is 2.94. The standard InChI is InChI=1S/C15H18FNO2/c16-11-5-6-14(18)12(9-11)15(19)17-8-7-10-3-1-2-4-13(10)17/h5-6,9-10,13,18H,1-4,7-8H2. The van der Waals surface area contributed by atoms with E-state index in [1.807, 2.05) is 4.90 Å². The summed E-state index contributed by atoms with van der Waals surface area (Å²) in [4.78, 5) is 14.3. The first-order valence-corrected chi connectivity index (χ1v) is 6.96. The Kier molecular flexibility index (Phi) is 3.17. The van der Waals surface area contributed by atoms with Crippen molar-refractivity contribution in [1.82, 2.24) is 4.90 Å². The van der Waals surface area contributed by atoms with Crippen molar-refractivity contribution in [1.29, 1.82) is 0 Å². The lowest BCUT2D eigenvalue weighted by Gasteiger charge is -2.31. The van der Waals surface area contributed by atoms with Crippen LogP contribution in [0.4, 0.5) is 4.39 Å². The maximum Gasteiger partial charge on any atom is 0.257 e. The fraction of sp³-hybridized carbons (Fsp3) is 0.533. The molecule has 1 aliphatic heterocycles. The maximum absolute atomic E-state index is 13.2. The summed E-state index contributed by atoms with van der Waals surface area (Å²) in [6.45, 7) is 0.726. The molecule has 1 saturated carbocycles. The lowest BCUT2D eigenvalue weighted by molar-refractivity contribution is 0.0686. The quantitative estimate of drug-likeness (QED) is 0.846. The van der Waals surface area contributed by atoms with Crippen LogP contribution in [0.5, 0.6) is 5.75 Å². The topological polar surface area (TPSA) is 40.5 Å². The molecule has 1 saturated heterocycles. The fourth-order valence-corrected chi connectivity index (χ4v) is 3.49. The van der Waals surface area contributed by atoms with Gasteiger partial charge in [0, 0.05) is 12.6 Å². The smallest absolute Gasteiger partial charge is 0.257 e. The van der Waals surface area contributed by atoms with Crippen molar-refractivity contribution in [2.75, 3.05) is 6.54 Å². The van der Waals surface area contributed by atoms with Gasteiger partial charge in [-0.1, -0.05) is 12.8 Å². The molecule has 2 aliphatic rings. The number of fused-ring (bicyclic) bond motifs is 1. The number of carbonyl (C=O) groups excluding carboxylic acids is 1. The largest absolute Gasteiger partial charge is 0.507 e. The van der Waals surface area contributed by atoms with Crippen LogP contribution < -0.4 is 0 Å². The van der Waals surface area contributed by atoms with Crippen molar-refractivity contribution in [2.24, 2.45) is 5.92 Å². The molecule has 19 heavy (non-hydrogen) atoms. The molecule has 0 radical (unpaired) electrons. The van der Waals surface area contributed by atoms with E-state index < -0.39 is 5.82 Å². The minimum atomic E-state index is -0.486. The van der Waals surface area contributed by atoms with Gasteiger partial charge in [0.25, 0.3) is 5.91 Å². The number of likely N-dealkylation sites (tertiary alicyclic amines) is 1. The number of hydrogen-bond donors (Lipinski definition) is 1. The number of nitrogens with zero attached hydrogens (tertiary/aromatic N) is 1. The molecule has 4 heteroatoms. The molecule has 1 N–H and O–H groups in total. The van der Waals surface area contributed by atoms with Gasteiger partial charge in [-0.25, -0.2) is 4.39 Å². The lowest BCUT2D eigenvalue weighted by atomic mass is 9.85. The average molecular weight is 263 g/mol. The molecule has 0 spiro atoms. The third kappa shape index (κ3) is 2.20. The van der Waals surface area contributed by atoms with Crippen LogP contribution in [0.2, 0.25) is 0 Å². The lowest BCUT2D eigenvalue weighted by Crippen LogP contribution is -2.39. The van der Waals surface area contributed by atoms with E-state index in [9.17, 15) is 14.3 Å². The monoisotopic (exact) mass is 263 g/mol. The summed E-state index contributed by atoms with van der Waals surface area (Å²) in [7, 11) is 0. The molecule has 1 aromatic carbocycles. The number of aromatic hydroxyl groups is 1. The second-order valence-electron chi connectivity index (χ2n) is 5.56. The molecular formula is C15H18FNO2.